The lowest BCUT2D eigenvalue weighted by Crippen LogP contribution is -2.28. The molecule has 152 valence electrons. The SMILES string of the molecule is CCc1ccc(C(C)NC(=O)CSc2nnc(Cc3ccccc3)n2CC)cc1. The summed E-state index contributed by atoms with van der Waals surface area (Å²) in [4.78, 5) is 12.4. The first kappa shape index (κ1) is 21.1. The third-order valence-corrected chi connectivity index (χ3v) is 5.88. The van der Waals surface area contributed by atoms with Crippen LogP contribution in [0.1, 0.15) is 49.3 Å². The van der Waals surface area contributed by atoms with Crippen LogP contribution in [0, 0.1) is 0 Å². The van der Waals surface area contributed by atoms with Crippen LogP contribution in [0.4, 0.5) is 0 Å². The number of aryl methyl sites for hydroxylation is 1. The van der Waals surface area contributed by atoms with Crippen molar-refractivity contribution >= 4 is 17.7 Å². The lowest BCUT2D eigenvalue weighted by atomic mass is 10.1. The maximum Gasteiger partial charge on any atom is 0.230 e. The molecular weight excluding hydrogens is 380 g/mol. The summed E-state index contributed by atoms with van der Waals surface area (Å²) in [6.45, 7) is 7.00. The molecule has 0 aliphatic carbocycles. The fourth-order valence-electron chi connectivity index (χ4n) is 3.19. The Kier molecular flexibility index (Phi) is 7.47. The van der Waals surface area contributed by atoms with Gasteiger partial charge >= 0.3 is 0 Å². The molecule has 1 N–H and O–H groups in total. The minimum Gasteiger partial charge on any atom is -0.349 e. The van der Waals surface area contributed by atoms with Crippen molar-refractivity contribution in [2.75, 3.05) is 5.75 Å². The van der Waals surface area contributed by atoms with Gasteiger partial charge in [0, 0.05) is 13.0 Å². The molecule has 0 aliphatic heterocycles. The average Bonchev–Trinajstić information content (AvgIpc) is 3.14. The van der Waals surface area contributed by atoms with E-state index in [1.807, 2.05) is 25.1 Å². The molecule has 3 rings (SSSR count). The summed E-state index contributed by atoms with van der Waals surface area (Å²) in [6, 6.07) is 18.6. The van der Waals surface area contributed by atoms with E-state index in [1.165, 1.54) is 22.9 Å². The second kappa shape index (κ2) is 10.3. The van der Waals surface area contributed by atoms with E-state index in [9.17, 15) is 4.79 Å². The second-order valence-electron chi connectivity index (χ2n) is 6.98. The first-order chi connectivity index (χ1) is 14.1. The highest BCUT2D eigenvalue weighted by molar-refractivity contribution is 7.99. The van der Waals surface area contributed by atoms with Crippen LogP contribution in [-0.4, -0.2) is 26.4 Å². The first-order valence-electron chi connectivity index (χ1n) is 10.1. The second-order valence-corrected chi connectivity index (χ2v) is 7.92. The summed E-state index contributed by atoms with van der Waals surface area (Å²) in [5, 5.41) is 12.5. The topological polar surface area (TPSA) is 59.8 Å². The Labute approximate surface area is 176 Å². The zero-order valence-corrected chi connectivity index (χ0v) is 18.1. The number of thioether (sulfide) groups is 1. The molecule has 0 saturated carbocycles. The molecule has 1 heterocycles. The van der Waals surface area contributed by atoms with Crippen LogP contribution in [-0.2, 0) is 24.2 Å². The average molecular weight is 409 g/mol. The van der Waals surface area contributed by atoms with Crippen molar-refractivity contribution in [3.8, 4) is 0 Å². The summed E-state index contributed by atoms with van der Waals surface area (Å²) >= 11 is 1.43. The van der Waals surface area contributed by atoms with Crippen molar-refractivity contribution in [3.05, 3.63) is 77.1 Å². The highest BCUT2D eigenvalue weighted by Crippen LogP contribution is 2.20. The van der Waals surface area contributed by atoms with Crippen LogP contribution in [0.5, 0.6) is 0 Å². The van der Waals surface area contributed by atoms with E-state index in [2.05, 4.69) is 70.3 Å². The van der Waals surface area contributed by atoms with E-state index in [0.717, 1.165) is 35.9 Å². The van der Waals surface area contributed by atoms with E-state index in [-0.39, 0.29) is 11.9 Å². The predicted octanol–water partition coefficient (Wildman–Crippen LogP) is 4.42. The quantitative estimate of drug-likeness (QED) is 0.533. The van der Waals surface area contributed by atoms with Gasteiger partial charge < -0.3 is 9.88 Å². The van der Waals surface area contributed by atoms with Gasteiger partial charge in [-0.3, -0.25) is 4.79 Å². The smallest absolute Gasteiger partial charge is 0.230 e. The molecule has 3 aromatic rings. The highest BCUT2D eigenvalue weighted by atomic mass is 32.2. The molecule has 0 bridgehead atoms. The van der Waals surface area contributed by atoms with Gasteiger partial charge in [-0.25, -0.2) is 0 Å². The van der Waals surface area contributed by atoms with Crippen molar-refractivity contribution in [1.82, 2.24) is 20.1 Å². The lowest BCUT2D eigenvalue weighted by molar-refractivity contribution is -0.119. The number of rotatable bonds is 9. The molecule has 1 atom stereocenters. The predicted molar refractivity (Wildman–Crippen MR) is 118 cm³/mol. The number of nitrogens with one attached hydrogen (secondary N) is 1. The minimum atomic E-state index is -0.0216. The van der Waals surface area contributed by atoms with Crippen LogP contribution < -0.4 is 5.32 Å². The monoisotopic (exact) mass is 408 g/mol. The standard InChI is InChI=1S/C23H28N4OS/c1-4-18-11-13-20(14-12-18)17(3)24-22(28)16-29-23-26-25-21(27(23)5-2)15-19-9-7-6-8-10-19/h6-14,17H,4-5,15-16H2,1-3H3,(H,24,28). The summed E-state index contributed by atoms with van der Waals surface area (Å²) in [7, 11) is 0. The highest BCUT2D eigenvalue weighted by Gasteiger charge is 2.15. The van der Waals surface area contributed by atoms with Crippen LogP contribution >= 0.6 is 11.8 Å². The first-order valence-corrected chi connectivity index (χ1v) is 11.1. The summed E-state index contributed by atoms with van der Waals surface area (Å²) in [5.74, 6) is 1.24. The van der Waals surface area contributed by atoms with Crippen molar-refractivity contribution in [2.45, 2.75) is 51.4 Å². The number of carbonyl (C=O) groups excluding carboxylic acids is 1. The molecule has 1 unspecified atom stereocenters. The Hall–Kier alpha value is -2.60. The Morgan fingerprint density at radius 2 is 1.76 bits per heavy atom. The largest absolute Gasteiger partial charge is 0.349 e. The number of hydrogen-bond donors (Lipinski definition) is 1. The van der Waals surface area contributed by atoms with E-state index >= 15 is 0 Å². The molecule has 0 aliphatic rings. The maximum absolute atomic E-state index is 12.4. The number of benzene rings is 2. The van der Waals surface area contributed by atoms with Gasteiger partial charge in [0.1, 0.15) is 5.82 Å². The Morgan fingerprint density at radius 1 is 1.03 bits per heavy atom. The van der Waals surface area contributed by atoms with Gasteiger partial charge in [0.25, 0.3) is 0 Å². The molecule has 6 heteroatoms. The minimum absolute atomic E-state index is 0.00247. The number of nitrogens with zero attached hydrogens (tertiary/aromatic N) is 3. The Balaban J connectivity index is 1.56. The molecule has 0 spiro atoms. The van der Waals surface area contributed by atoms with Crippen LogP contribution in [0.3, 0.4) is 0 Å². The molecule has 1 aromatic heterocycles. The van der Waals surface area contributed by atoms with Crippen LogP contribution in [0.2, 0.25) is 0 Å². The molecule has 0 saturated heterocycles. The summed E-state index contributed by atoms with van der Waals surface area (Å²) in [5.41, 5.74) is 3.61. The molecule has 5 nitrogen and oxygen atoms in total. The molecule has 2 aromatic carbocycles. The molecule has 29 heavy (non-hydrogen) atoms. The Morgan fingerprint density at radius 3 is 2.41 bits per heavy atom. The van der Waals surface area contributed by atoms with Gasteiger partial charge in [-0.15, -0.1) is 10.2 Å². The van der Waals surface area contributed by atoms with Crippen molar-refractivity contribution < 1.29 is 4.79 Å². The van der Waals surface area contributed by atoms with Gasteiger partial charge in [0.2, 0.25) is 5.91 Å². The normalized spacial score (nSPS) is 12.0. The van der Waals surface area contributed by atoms with E-state index in [0.29, 0.717) is 5.75 Å². The molecule has 0 radical (unpaired) electrons. The van der Waals surface area contributed by atoms with E-state index in [4.69, 9.17) is 0 Å². The number of aromatic nitrogens is 3. The number of amides is 1. The lowest BCUT2D eigenvalue weighted by Gasteiger charge is -2.15. The molecule has 1 amide bonds. The third-order valence-electron chi connectivity index (χ3n) is 4.91. The van der Waals surface area contributed by atoms with Crippen LogP contribution in [0.25, 0.3) is 0 Å². The van der Waals surface area contributed by atoms with E-state index in [1.54, 1.807) is 0 Å². The van der Waals surface area contributed by atoms with Crippen molar-refractivity contribution in [3.63, 3.8) is 0 Å². The third kappa shape index (κ3) is 5.70. The molecular formula is C23H28N4OS. The molecule has 0 fully saturated rings. The summed E-state index contributed by atoms with van der Waals surface area (Å²) in [6.07, 6.45) is 1.75. The van der Waals surface area contributed by atoms with Gasteiger partial charge in [0.05, 0.1) is 11.8 Å². The van der Waals surface area contributed by atoms with Gasteiger partial charge in [-0.05, 0) is 37.0 Å². The van der Waals surface area contributed by atoms with Gasteiger partial charge in [-0.1, -0.05) is 73.3 Å². The maximum atomic E-state index is 12.4. The van der Waals surface area contributed by atoms with Crippen LogP contribution in [0.15, 0.2) is 59.8 Å². The fraction of sp³-hybridized carbons (Fsp3) is 0.348. The zero-order valence-electron chi connectivity index (χ0n) is 17.3. The van der Waals surface area contributed by atoms with Gasteiger partial charge in [0.15, 0.2) is 5.16 Å². The Bertz CT molecular complexity index is 922. The number of hydrogen-bond acceptors (Lipinski definition) is 4. The summed E-state index contributed by atoms with van der Waals surface area (Å²) < 4.78 is 2.08. The van der Waals surface area contributed by atoms with E-state index < -0.39 is 0 Å². The zero-order chi connectivity index (χ0) is 20.6. The van der Waals surface area contributed by atoms with Crippen molar-refractivity contribution in [1.29, 1.82) is 0 Å². The number of carbonyl (C=O) groups is 1. The van der Waals surface area contributed by atoms with Crippen molar-refractivity contribution in [2.24, 2.45) is 0 Å². The van der Waals surface area contributed by atoms with Gasteiger partial charge in [-0.2, -0.15) is 0 Å². The fourth-order valence-corrected chi connectivity index (χ4v) is 4.02.